The van der Waals surface area contributed by atoms with E-state index in [1.807, 2.05) is 6.20 Å². The van der Waals surface area contributed by atoms with Gasteiger partial charge >= 0.3 is 0 Å². The summed E-state index contributed by atoms with van der Waals surface area (Å²) < 4.78 is 0. The quantitative estimate of drug-likeness (QED) is 0.766. The lowest BCUT2D eigenvalue weighted by Gasteiger charge is -2.19. The first kappa shape index (κ1) is 9.49. The number of aromatic amines is 1. The van der Waals surface area contributed by atoms with Crippen molar-refractivity contribution in [1.82, 2.24) is 10.3 Å². The second kappa shape index (κ2) is 3.47. The molecule has 2 heterocycles. The van der Waals surface area contributed by atoms with E-state index in [0.717, 1.165) is 24.9 Å². The van der Waals surface area contributed by atoms with Gasteiger partial charge in [-0.05, 0) is 46.6 Å². The fourth-order valence-electron chi connectivity index (χ4n) is 3.40. The highest BCUT2D eigenvalue weighted by molar-refractivity contribution is 5.65. The Hall–Kier alpha value is -1.54. The van der Waals surface area contributed by atoms with E-state index in [0.29, 0.717) is 0 Å². The SMILES string of the molecule is c1cc(-c2ccc3c(c2)C2CNCC3C2)c[nH]1. The molecule has 0 amide bonds. The minimum atomic E-state index is 0.739. The van der Waals surface area contributed by atoms with Crippen molar-refractivity contribution in [1.29, 1.82) is 0 Å². The number of nitrogens with one attached hydrogen (secondary N) is 2. The number of H-pyrrole nitrogens is 1. The monoisotopic (exact) mass is 224 g/mol. The van der Waals surface area contributed by atoms with Gasteiger partial charge in [0.05, 0.1) is 0 Å². The number of hydrogen-bond acceptors (Lipinski definition) is 1. The molecule has 86 valence electrons. The van der Waals surface area contributed by atoms with E-state index in [4.69, 9.17) is 0 Å². The zero-order valence-corrected chi connectivity index (χ0v) is 9.74. The highest BCUT2D eigenvalue weighted by atomic mass is 14.9. The molecule has 0 saturated carbocycles. The van der Waals surface area contributed by atoms with Crippen LogP contribution in [0.1, 0.15) is 29.4 Å². The molecule has 1 saturated heterocycles. The van der Waals surface area contributed by atoms with Gasteiger partial charge in [0.25, 0.3) is 0 Å². The molecule has 2 aliphatic rings. The molecule has 2 N–H and O–H groups in total. The fourth-order valence-corrected chi connectivity index (χ4v) is 3.40. The molecule has 2 unspecified atom stereocenters. The number of piperidine rings is 1. The van der Waals surface area contributed by atoms with Crippen molar-refractivity contribution in [3.05, 3.63) is 47.8 Å². The molecule has 2 heteroatoms. The molecule has 2 bridgehead atoms. The van der Waals surface area contributed by atoms with Crippen LogP contribution in [0.2, 0.25) is 0 Å². The summed E-state index contributed by atoms with van der Waals surface area (Å²) in [5, 5.41) is 3.54. The van der Waals surface area contributed by atoms with Crippen LogP contribution in [-0.2, 0) is 0 Å². The van der Waals surface area contributed by atoms with E-state index in [-0.39, 0.29) is 0 Å². The number of hydrogen-bond donors (Lipinski definition) is 2. The molecule has 1 fully saturated rings. The van der Waals surface area contributed by atoms with Crippen molar-refractivity contribution in [3.8, 4) is 11.1 Å². The summed E-state index contributed by atoms with van der Waals surface area (Å²) in [7, 11) is 0. The minimum Gasteiger partial charge on any atom is -0.367 e. The zero-order chi connectivity index (χ0) is 11.2. The van der Waals surface area contributed by atoms with Gasteiger partial charge in [-0.25, -0.2) is 0 Å². The molecule has 1 aliphatic carbocycles. The standard InChI is InChI=1S/C15H16N2/c1-2-14-12-5-13(9-17-8-12)15(14)6-10(1)11-3-4-16-7-11/h1-4,6-7,12-13,16-17H,5,8-9H2. The number of aromatic nitrogens is 1. The zero-order valence-electron chi connectivity index (χ0n) is 9.74. The third-order valence-corrected chi connectivity index (χ3v) is 4.25. The van der Waals surface area contributed by atoms with Gasteiger partial charge in [0, 0.05) is 25.5 Å². The average molecular weight is 224 g/mol. The first-order valence-corrected chi connectivity index (χ1v) is 6.39. The molecule has 0 radical (unpaired) electrons. The molecular formula is C15H16N2. The Bertz CT molecular complexity index is 542. The number of fused-ring (bicyclic) bond motifs is 5. The van der Waals surface area contributed by atoms with Crippen molar-refractivity contribution in [3.63, 3.8) is 0 Å². The fraction of sp³-hybridized carbons (Fsp3) is 0.333. The maximum atomic E-state index is 3.54. The Labute approximate surface area is 101 Å². The maximum absolute atomic E-state index is 3.54. The van der Waals surface area contributed by atoms with E-state index in [2.05, 4.69) is 40.8 Å². The Balaban J connectivity index is 1.83. The van der Waals surface area contributed by atoms with Gasteiger partial charge in [-0.3, -0.25) is 0 Å². The van der Waals surface area contributed by atoms with Gasteiger partial charge in [0.15, 0.2) is 0 Å². The van der Waals surface area contributed by atoms with Crippen LogP contribution in [0.5, 0.6) is 0 Å². The lowest BCUT2D eigenvalue weighted by Crippen LogP contribution is -2.28. The largest absolute Gasteiger partial charge is 0.367 e. The molecule has 4 rings (SSSR count). The summed E-state index contributed by atoms with van der Waals surface area (Å²) in [5.41, 5.74) is 5.80. The van der Waals surface area contributed by atoms with Gasteiger partial charge in [-0.1, -0.05) is 18.2 Å². The van der Waals surface area contributed by atoms with Gasteiger partial charge in [0.2, 0.25) is 0 Å². The van der Waals surface area contributed by atoms with Gasteiger partial charge < -0.3 is 10.3 Å². The Morgan fingerprint density at radius 3 is 2.65 bits per heavy atom. The molecule has 2 atom stereocenters. The summed E-state index contributed by atoms with van der Waals surface area (Å²) in [5.74, 6) is 1.49. The predicted octanol–water partition coefficient (Wildman–Crippen LogP) is 2.86. The van der Waals surface area contributed by atoms with Crippen LogP contribution in [0.3, 0.4) is 0 Å². The molecule has 2 aromatic rings. The summed E-state index contributed by atoms with van der Waals surface area (Å²) in [6, 6.07) is 9.15. The van der Waals surface area contributed by atoms with E-state index in [9.17, 15) is 0 Å². The Kier molecular flexibility index (Phi) is 1.94. The minimum absolute atomic E-state index is 0.739. The molecular weight excluding hydrogens is 208 g/mol. The molecule has 2 nitrogen and oxygen atoms in total. The van der Waals surface area contributed by atoms with Crippen molar-refractivity contribution >= 4 is 0 Å². The van der Waals surface area contributed by atoms with Crippen LogP contribution in [-0.4, -0.2) is 18.1 Å². The highest BCUT2D eigenvalue weighted by Gasteiger charge is 2.33. The first-order valence-electron chi connectivity index (χ1n) is 6.39. The molecule has 17 heavy (non-hydrogen) atoms. The first-order chi connectivity index (χ1) is 8.42. The van der Waals surface area contributed by atoms with Gasteiger partial charge in [-0.15, -0.1) is 0 Å². The number of rotatable bonds is 1. The molecule has 0 spiro atoms. The number of benzene rings is 1. The normalized spacial score (nSPS) is 25.9. The topological polar surface area (TPSA) is 27.8 Å². The second-order valence-corrected chi connectivity index (χ2v) is 5.23. The van der Waals surface area contributed by atoms with E-state index < -0.39 is 0 Å². The van der Waals surface area contributed by atoms with Crippen LogP contribution < -0.4 is 5.32 Å². The summed E-state index contributed by atoms with van der Waals surface area (Å²) in [6.45, 7) is 2.31. The molecule has 1 aromatic carbocycles. The second-order valence-electron chi connectivity index (χ2n) is 5.23. The van der Waals surface area contributed by atoms with Crippen molar-refractivity contribution in [2.45, 2.75) is 18.3 Å². The van der Waals surface area contributed by atoms with Crippen molar-refractivity contribution < 1.29 is 0 Å². The van der Waals surface area contributed by atoms with Crippen LogP contribution in [0, 0.1) is 0 Å². The lowest BCUT2D eigenvalue weighted by atomic mass is 9.97. The van der Waals surface area contributed by atoms with Gasteiger partial charge in [0.1, 0.15) is 0 Å². The highest BCUT2D eigenvalue weighted by Crippen LogP contribution is 2.44. The summed E-state index contributed by atoms with van der Waals surface area (Å²) >= 11 is 0. The van der Waals surface area contributed by atoms with Crippen molar-refractivity contribution in [2.24, 2.45) is 0 Å². The smallest absolute Gasteiger partial charge is 0.00841 e. The predicted molar refractivity (Wildman–Crippen MR) is 69.2 cm³/mol. The third-order valence-electron chi connectivity index (χ3n) is 4.25. The maximum Gasteiger partial charge on any atom is 0.00841 e. The van der Waals surface area contributed by atoms with E-state index >= 15 is 0 Å². The summed E-state index contributed by atoms with van der Waals surface area (Å²) in [6.07, 6.45) is 5.41. The van der Waals surface area contributed by atoms with Crippen molar-refractivity contribution in [2.75, 3.05) is 13.1 Å². The third kappa shape index (κ3) is 1.37. The van der Waals surface area contributed by atoms with Crippen LogP contribution >= 0.6 is 0 Å². The summed E-state index contributed by atoms with van der Waals surface area (Å²) in [4.78, 5) is 3.13. The Morgan fingerprint density at radius 1 is 0.941 bits per heavy atom. The average Bonchev–Trinajstić information content (AvgIpc) is 2.98. The van der Waals surface area contributed by atoms with E-state index in [1.54, 1.807) is 11.1 Å². The lowest BCUT2D eigenvalue weighted by molar-refractivity contribution is 0.454. The van der Waals surface area contributed by atoms with Crippen LogP contribution in [0.4, 0.5) is 0 Å². The van der Waals surface area contributed by atoms with E-state index in [1.165, 1.54) is 17.5 Å². The van der Waals surface area contributed by atoms with Crippen LogP contribution in [0.25, 0.3) is 11.1 Å². The molecule has 1 aliphatic heterocycles. The molecule has 1 aromatic heterocycles. The van der Waals surface area contributed by atoms with Gasteiger partial charge in [-0.2, -0.15) is 0 Å². The van der Waals surface area contributed by atoms with Crippen LogP contribution in [0.15, 0.2) is 36.7 Å². The Morgan fingerprint density at radius 2 is 1.82 bits per heavy atom.